The maximum atomic E-state index is 5.20. The molecule has 3 aromatic heterocycles. The molecular formula is C33H24BrN5. The zero-order valence-electron chi connectivity index (χ0n) is 21.2. The summed E-state index contributed by atoms with van der Waals surface area (Å²) in [4.78, 5) is 15.7. The molecule has 8 aromatic rings. The Morgan fingerprint density at radius 3 is 2.46 bits per heavy atom. The first kappa shape index (κ1) is 22.4. The Hall–Kier alpha value is -4.55. The van der Waals surface area contributed by atoms with Gasteiger partial charge in [0, 0.05) is 67.2 Å². The number of hydrogen-bond acceptors (Lipinski definition) is 2. The van der Waals surface area contributed by atoms with E-state index in [0.29, 0.717) is 0 Å². The summed E-state index contributed by atoms with van der Waals surface area (Å²) in [5.41, 5.74) is 8.91. The lowest BCUT2D eigenvalue weighted by molar-refractivity contribution is 1.16. The Morgan fingerprint density at radius 1 is 0.744 bits per heavy atom. The van der Waals surface area contributed by atoms with E-state index in [9.17, 15) is 0 Å². The summed E-state index contributed by atoms with van der Waals surface area (Å²) >= 11 is 3.60. The molecule has 0 saturated heterocycles. The minimum absolute atomic E-state index is 0.721. The van der Waals surface area contributed by atoms with Gasteiger partial charge in [-0.2, -0.15) is 0 Å². The molecule has 5 nitrogen and oxygen atoms in total. The SMILES string of the molecule is Cc1ccc2[nH]cc(-c3nc4c5cc(NCc6c[nH]c7ccc(Br)cc67)ccc5c5ccccc5c4[nH]3)c2c1. The van der Waals surface area contributed by atoms with Crippen molar-refractivity contribution < 1.29 is 0 Å². The molecule has 4 N–H and O–H groups in total. The molecule has 3 heterocycles. The fourth-order valence-corrected chi connectivity index (χ4v) is 6.20. The highest BCUT2D eigenvalue weighted by Crippen LogP contribution is 2.38. The maximum absolute atomic E-state index is 5.20. The molecule has 0 fully saturated rings. The normalized spacial score (nSPS) is 11.9. The number of aromatic amines is 3. The van der Waals surface area contributed by atoms with Gasteiger partial charge in [0.15, 0.2) is 0 Å². The molecule has 0 aliphatic carbocycles. The minimum Gasteiger partial charge on any atom is -0.381 e. The first-order chi connectivity index (χ1) is 19.1. The fourth-order valence-electron chi connectivity index (χ4n) is 5.84. The first-order valence-electron chi connectivity index (χ1n) is 13.0. The van der Waals surface area contributed by atoms with Crippen LogP contribution in [0.15, 0.2) is 95.7 Å². The molecular weight excluding hydrogens is 546 g/mol. The Kier molecular flexibility index (Phi) is 4.88. The molecule has 0 unspecified atom stereocenters. The summed E-state index contributed by atoms with van der Waals surface area (Å²) in [6, 6.07) is 28.0. The third kappa shape index (κ3) is 3.56. The van der Waals surface area contributed by atoms with Crippen molar-refractivity contribution in [2.24, 2.45) is 0 Å². The number of fused-ring (bicyclic) bond motifs is 8. The van der Waals surface area contributed by atoms with E-state index in [1.54, 1.807) is 0 Å². The van der Waals surface area contributed by atoms with E-state index in [4.69, 9.17) is 4.98 Å². The van der Waals surface area contributed by atoms with Gasteiger partial charge in [0.05, 0.1) is 11.0 Å². The Morgan fingerprint density at radius 2 is 1.54 bits per heavy atom. The second-order valence-corrected chi connectivity index (χ2v) is 11.1. The van der Waals surface area contributed by atoms with Gasteiger partial charge in [0.1, 0.15) is 5.82 Å². The van der Waals surface area contributed by atoms with Crippen LogP contribution in [0.1, 0.15) is 11.1 Å². The van der Waals surface area contributed by atoms with Crippen LogP contribution in [-0.4, -0.2) is 19.9 Å². The van der Waals surface area contributed by atoms with Crippen LogP contribution in [0.2, 0.25) is 0 Å². The number of benzene rings is 5. The number of aryl methyl sites for hydroxylation is 1. The average Bonchev–Trinajstić information content (AvgIpc) is 3.68. The summed E-state index contributed by atoms with van der Waals surface area (Å²) in [6.07, 6.45) is 4.14. The first-order valence-corrected chi connectivity index (χ1v) is 13.8. The molecule has 0 saturated carbocycles. The molecule has 0 aliphatic heterocycles. The lowest BCUT2D eigenvalue weighted by Crippen LogP contribution is -1.98. The van der Waals surface area contributed by atoms with E-state index in [1.807, 2.05) is 0 Å². The lowest BCUT2D eigenvalue weighted by atomic mass is 9.99. The van der Waals surface area contributed by atoms with Gasteiger partial charge in [-0.3, -0.25) is 0 Å². The zero-order chi connectivity index (χ0) is 26.1. The number of hydrogen-bond donors (Lipinski definition) is 4. The minimum atomic E-state index is 0.721. The van der Waals surface area contributed by atoms with E-state index < -0.39 is 0 Å². The molecule has 0 bridgehead atoms. The number of nitrogens with one attached hydrogen (secondary N) is 4. The number of halogens is 1. The van der Waals surface area contributed by atoms with Crippen LogP contribution in [0.25, 0.3) is 65.8 Å². The maximum Gasteiger partial charge on any atom is 0.140 e. The van der Waals surface area contributed by atoms with Crippen molar-refractivity contribution in [2.75, 3.05) is 5.32 Å². The molecule has 5 aromatic carbocycles. The van der Waals surface area contributed by atoms with Crippen molar-refractivity contribution in [1.29, 1.82) is 0 Å². The number of aromatic nitrogens is 4. The van der Waals surface area contributed by atoms with Crippen molar-refractivity contribution in [3.05, 3.63) is 107 Å². The van der Waals surface area contributed by atoms with Crippen LogP contribution >= 0.6 is 15.9 Å². The molecule has 0 radical (unpaired) electrons. The van der Waals surface area contributed by atoms with Gasteiger partial charge in [0.2, 0.25) is 0 Å². The third-order valence-electron chi connectivity index (χ3n) is 7.77. The van der Waals surface area contributed by atoms with Gasteiger partial charge in [-0.1, -0.05) is 57.9 Å². The fraction of sp³-hybridized carbons (Fsp3) is 0.0606. The van der Waals surface area contributed by atoms with Crippen molar-refractivity contribution in [3.8, 4) is 11.4 Å². The van der Waals surface area contributed by atoms with Crippen molar-refractivity contribution in [1.82, 2.24) is 19.9 Å². The molecule has 0 spiro atoms. The highest BCUT2D eigenvalue weighted by atomic mass is 79.9. The van der Waals surface area contributed by atoms with Crippen LogP contribution < -0.4 is 5.32 Å². The van der Waals surface area contributed by atoms with Crippen LogP contribution in [0.4, 0.5) is 5.69 Å². The Bertz CT molecular complexity index is 2220. The van der Waals surface area contributed by atoms with E-state index in [1.165, 1.54) is 38.1 Å². The highest BCUT2D eigenvalue weighted by Gasteiger charge is 2.16. The molecule has 0 amide bonds. The van der Waals surface area contributed by atoms with Crippen LogP contribution in [0, 0.1) is 6.92 Å². The quantitative estimate of drug-likeness (QED) is 0.159. The summed E-state index contributed by atoms with van der Waals surface area (Å²) in [5, 5.41) is 10.8. The van der Waals surface area contributed by atoms with Gasteiger partial charge in [-0.05, 0) is 65.7 Å². The highest BCUT2D eigenvalue weighted by molar-refractivity contribution is 9.10. The standard InChI is InChI=1S/C33H24BrN5/c1-18-6-10-30-26(12-18)28(17-37-30)33-38-31-24-5-3-2-4-22(24)23-9-8-21(14-27(23)32(31)39-33)35-15-19-16-36-29-11-7-20(34)13-25(19)29/h2-14,16-17,35-37H,15H2,1H3,(H,38,39). The third-order valence-corrected chi connectivity index (χ3v) is 8.26. The summed E-state index contributed by atoms with van der Waals surface area (Å²) in [5.74, 6) is 0.877. The Balaban J connectivity index is 1.28. The second kappa shape index (κ2) is 8.48. The smallest absolute Gasteiger partial charge is 0.140 e. The number of anilines is 1. The molecule has 6 heteroatoms. The van der Waals surface area contributed by atoms with Crippen molar-refractivity contribution >= 4 is 76.0 Å². The lowest BCUT2D eigenvalue weighted by Gasteiger charge is -2.10. The van der Waals surface area contributed by atoms with Gasteiger partial charge in [-0.15, -0.1) is 0 Å². The number of imidazole rings is 1. The van der Waals surface area contributed by atoms with Gasteiger partial charge in [0.25, 0.3) is 0 Å². The predicted molar refractivity (Wildman–Crippen MR) is 166 cm³/mol. The van der Waals surface area contributed by atoms with Crippen LogP contribution in [-0.2, 0) is 6.54 Å². The van der Waals surface area contributed by atoms with Crippen molar-refractivity contribution in [3.63, 3.8) is 0 Å². The summed E-state index contributed by atoms with van der Waals surface area (Å²) in [7, 11) is 0. The topological polar surface area (TPSA) is 72.3 Å². The largest absolute Gasteiger partial charge is 0.381 e. The molecule has 0 aliphatic rings. The number of rotatable bonds is 4. The summed E-state index contributed by atoms with van der Waals surface area (Å²) in [6.45, 7) is 2.85. The van der Waals surface area contributed by atoms with Crippen molar-refractivity contribution in [2.45, 2.75) is 13.5 Å². The summed E-state index contributed by atoms with van der Waals surface area (Å²) < 4.78 is 1.08. The number of nitrogens with zero attached hydrogens (tertiary/aromatic N) is 1. The molecule has 188 valence electrons. The molecule has 39 heavy (non-hydrogen) atoms. The van der Waals surface area contributed by atoms with E-state index in [2.05, 4.69) is 134 Å². The monoisotopic (exact) mass is 569 g/mol. The predicted octanol–water partition coefficient (Wildman–Crippen LogP) is 9.18. The number of H-pyrrole nitrogens is 3. The average molecular weight is 570 g/mol. The van der Waals surface area contributed by atoms with Gasteiger partial charge in [-0.25, -0.2) is 4.98 Å². The van der Waals surface area contributed by atoms with E-state index in [-0.39, 0.29) is 0 Å². The van der Waals surface area contributed by atoms with E-state index in [0.717, 1.165) is 55.5 Å². The van der Waals surface area contributed by atoms with E-state index >= 15 is 0 Å². The van der Waals surface area contributed by atoms with Gasteiger partial charge >= 0.3 is 0 Å². The Labute approximate surface area is 232 Å². The van der Waals surface area contributed by atoms with Crippen LogP contribution in [0.5, 0.6) is 0 Å². The molecule has 8 rings (SSSR count). The second-order valence-electron chi connectivity index (χ2n) is 10.2. The zero-order valence-corrected chi connectivity index (χ0v) is 22.8. The molecule has 0 atom stereocenters. The van der Waals surface area contributed by atoms with Crippen LogP contribution in [0.3, 0.4) is 0 Å². The van der Waals surface area contributed by atoms with Gasteiger partial charge < -0.3 is 20.3 Å².